The highest BCUT2D eigenvalue weighted by Gasteiger charge is 2.13. The maximum atomic E-state index is 9.75. The summed E-state index contributed by atoms with van der Waals surface area (Å²) in [4.78, 5) is 4.14. The van der Waals surface area contributed by atoms with Crippen molar-refractivity contribution in [3.63, 3.8) is 0 Å². The molecule has 14 heavy (non-hydrogen) atoms. The topological polar surface area (TPSA) is 41.8 Å². The van der Waals surface area contributed by atoms with E-state index < -0.39 is 0 Å². The fourth-order valence-corrected chi connectivity index (χ4v) is 1.52. The van der Waals surface area contributed by atoms with Gasteiger partial charge in [0.1, 0.15) is 0 Å². The molecule has 0 saturated heterocycles. The Balaban J connectivity index is 0.000000980. The summed E-state index contributed by atoms with van der Waals surface area (Å²) >= 11 is 0. The molecule has 4 heteroatoms. The van der Waals surface area contributed by atoms with Crippen LogP contribution in [0.15, 0.2) is 17.1 Å². The molecule has 0 radical (unpaired) electrons. The molecule has 0 fully saturated rings. The standard InChI is InChI=1S/C10H11NO2.ClH/c1-13-9-3-2-7-6-11-5-4-8(7)10(9)12;/h2-3,6,12H,4-5H2,1H3;1H. The van der Waals surface area contributed by atoms with Gasteiger partial charge >= 0.3 is 0 Å². The fraction of sp³-hybridized carbons (Fsp3) is 0.300. The molecule has 76 valence electrons. The highest BCUT2D eigenvalue weighted by molar-refractivity contribution is 5.85. The molecule has 0 unspecified atom stereocenters. The molecule has 0 aromatic heterocycles. The number of aliphatic imine (C=N–C) groups is 1. The third-order valence-corrected chi connectivity index (χ3v) is 2.22. The normalized spacial score (nSPS) is 12.9. The zero-order valence-electron chi connectivity index (χ0n) is 7.86. The van der Waals surface area contributed by atoms with Crippen LogP contribution in [0.3, 0.4) is 0 Å². The van der Waals surface area contributed by atoms with Gasteiger partial charge in [-0.25, -0.2) is 0 Å². The molecule has 1 heterocycles. The Morgan fingerprint density at radius 2 is 2.21 bits per heavy atom. The Labute approximate surface area is 88.8 Å². The van der Waals surface area contributed by atoms with Crippen molar-refractivity contribution in [1.82, 2.24) is 0 Å². The first-order valence-electron chi connectivity index (χ1n) is 4.21. The minimum atomic E-state index is 0. The number of aromatic hydroxyl groups is 1. The Morgan fingerprint density at radius 1 is 1.43 bits per heavy atom. The first-order chi connectivity index (χ1) is 6.33. The third kappa shape index (κ3) is 1.68. The third-order valence-electron chi connectivity index (χ3n) is 2.22. The van der Waals surface area contributed by atoms with Crippen molar-refractivity contribution < 1.29 is 9.84 Å². The number of benzene rings is 1. The van der Waals surface area contributed by atoms with E-state index in [1.54, 1.807) is 19.4 Å². The largest absolute Gasteiger partial charge is 0.504 e. The predicted molar refractivity (Wildman–Crippen MR) is 58.1 cm³/mol. The minimum Gasteiger partial charge on any atom is -0.504 e. The first kappa shape index (κ1) is 10.9. The van der Waals surface area contributed by atoms with Crippen molar-refractivity contribution in [3.05, 3.63) is 23.3 Å². The van der Waals surface area contributed by atoms with E-state index in [9.17, 15) is 5.11 Å². The number of hydrogen-bond acceptors (Lipinski definition) is 3. The molecule has 1 aromatic rings. The van der Waals surface area contributed by atoms with Gasteiger partial charge in [0.2, 0.25) is 0 Å². The van der Waals surface area contributed by atoms with Gasteiger partial charge in [-0.15, -0.1) is 12.4 Å². The highest BCUT2D eigenvalue weighted by Crippen LogP contribution is 2.32. The first-order valence-corrected chi connectivity index (χ1v) is 4.21. The van der Waals surface area contributed by atoms with Crippen molar-refractivity contribution in [2.24, 2.45) is 4.99 Å². The molecule has 1 N–H and O–H groups in total. The van der Waals surface area contributed by atoms with Crippen molar-refractivity contribution >= 4 is 18.6 Å². The molecule has 0 amide bonds. The fourth-order valence-electron chi connectivity index (χ4n) is 1.52. The summed E-state index contributed by atoms with van der Waals surface area (Å²) < 4.78 is 5.02. The Kier molecular flexibility index (Phi) is 3.36. The van der Waals surface area contributed by atoms with Crippen LogP contribution < -0.4 is 4.74 Å². The number of methoxy groups -OCH3 is 1. The second-order valence-electron chi connectivity index (χ2n) is 2.97. The van der Waals surface area contributed by atoms with Gasteiger partial charge in [0, 0.05) is 18.3 Å². The lowest BCUT2D eigenvalue weighted by Gasteiger charge is -2.13. The average molecular weight is 214 g/mol. The highest BCUT2D eigenvalue weighted by atomic mass is 35.5. The number of phenolic OH excluding ortho intramolecular Hbond substituents is 1. The van der Waals surface area contributed by atoms with Crippen LogP contribution in [0, 0.1) is 0 Å². The van der Waals surface area contributed by atoms with E-state index in [0.717, 1.165) is 24.1 Å². The summed E-state index contributed by atoms with van der Waals surface area (Å²) in [6.45, 7) is 0.744. The van der Waals surface area contributed by atoms with Crippen LogP contribution in [-0.4, -0.2) is 25.0 Å². The molecular weight excluding hydrogens is 202 g/mol. The molecule has 0 atom stereocenters. The summed E-state index contributed by atoms with van der Waals surface area (Å²) in [6.07, 6.45) is 2.58. The van der Waals surface area contributed by atoms with E-state index in [0.29, 0.717) is 5.75 Å². The second kappa shape index (κ2) is 4.33. The number of hydrogen-bond donors (Lipinski definition) is 1. The van der Waals surface area contributed by atoms with Gasteiger partial charge in [-0.3, -0.25) is 4.99 Å². The number of nitrogens with zero attached hydrogens (tertiary/aromatic N) is 1. The van der Waals surface area contributed by atoms with Crippen molar-refractivity contribution in [2.45, 2.75) is 6.42 Å². The maximum Gasteiger partial charge on any atom is 0.161 e. The second-order valence-corrected chi connectivity index (χ2v) is 2.97. The summed E-state index contributed by atoms with van der Waals surface area (Å²) in [7, 11) is 1.55. The number of fused-ring (bicyclic) bond motifs is 1. The van der Waals surface area contributed by atoms with Gasteiger partial charge in [-0.2, -0.15) is 0 Å². The molecule has 2 rings (SSSR count). The van der Waals surface area contributed by atoms with Crippen LogP contribution in [0.2, 0.25) is 0 Å². The van der Waals surface area contributed by atoms with E-state index in [2.05, 4.69) is 4.99 Å². The summed E-state index contributed by atoms with van der Waals surface area (Å²) in [5.41, 5.74) is 1.93. The van der Waals surface area contributed by atoms with Crippen LogP contribution in [0.25, 0.3) is 0 Å². The Bertz CT molecular complexity index is 363. The maximum absolute atomic E-state index is 9.75. The average Bonchev–Trinajstić information content (AvgIpc) is 2.19. The van der Waals surface area contributed by atoms with Gasteiger partial charge < -0.3 is 9.84 Å². The van der Waals surface area contributed by atoms with Gasteiger partial charge in [-0.1, -0.05) is 0 Å². The van der Waals surface area contributed by atoms with Crippen LogP contribution in [0.1, 0.15) is 11.1 Å². The summed E-state index contributed by atoms with van der Waals surface area (Å²) in [6, 6.07) is 3.67. The molecule has 0 aliphatic carbocycles. The van der Waals surface area contributed by atoms with Crippen molar-refractivity contribution in [1.29, 1.82) is 0 Å². The van der Waals surface area contributed by atoms with Crippen LogP contribution >= 0.6 is 12.4 Å². The van der Waals surface area contributed by atoms with Gasteiger partial charge in [0.05, 0.1) is 7.11 Å². The zero-order valence-corrected chi connectivity index (χ0v) is 8.67. The molecule has 1 aliphatic heterocycles. The van der Waals surface area contributed by atoms with E-state index in [-0.39, 0.29) is 18.2 Å². The molecule has 3 nitrogen and oxygen atoms in total. The molecule has 0 saturated carbocycles. The monoisotopic (exact) mass is 213 g/mol. The molecular formula is C10H12ClNO2. The smallest absolute Gasteiger partial charge is 0.161 e. The molecule has 1 aliphatic rings. The Morgan fingerprint density at radius 3 is 2.93 bits per heavy atom. The SMILES string of the molecule is COc1ccc2c(c1O)CCN=C2.Cl. The lowest BCUT2D eigenvalue weighted by molar-refractivity contribution is 0.370. The van der Waals surface area contributed by atoms with E-state index in [1.165, 1.54) is 0 Å². The van der Waals surface area contributed by atoms with E-state index >= 15 is 0 Å². The lowest BCUT2D eigenvalue weighted by Crippen LogP contribution is -2.03. The molecule has 1 aromatic carbocycles. The van der Waals surface area contributed by atoms with Crippen LogP contribution in [-0.2, 0) is 6.42 Å². The number of phenols is 1. The number of rotatable bonds is 1. The van der Waals surface area contributed by atoms with E-state index in [1.807, 2.05) is 6.07 Å². The van der Waals surface area contributed by atoms with Gasteiger partial charge in [0.25, 0.3) is 0 Å². The Hall–Kier alpha value is -1.22. The summed E-state index contributed by atoms with van der Waals surface area (Å²) in [5.74, 6) is 0.792. The lowest BCUT2D eigenvalue weighted by atomic mass is 10.0. The zero-order chi connectivity index (χ0) is 9.26. The minimum absolute atomic E-state index is 0. The molecule has 0 bridgehead atoms. The summed E-state index contributed by atoms with van der Waals surface area (Å²) in [5, 5.41) is 9.75. The van der Waals surface area contributed by atoms with Crippen molar-refractivity contribution in [2.75, 3.05) is 13.7 Å². The van der Waals surface area contributed by atoms with Gasteiger partial charge in [-0.05, 0) is 24.1 Å². The van der Waals surface area contributed by atoms with Crippen molar-refractivity contribution in [3.8, 4) is 11.5 Å². The van der Waals surface area contributed by atoms with Crippen LogP contribution in [0.4, 0.5) is 0 Å². The quantitative estimate of drug-likeness (QED) is 0.773. The van der Waals surface area contributed by atoms with E-state index in [4.69, 9.17) is 4.74 Å². The van der Waals surface area contributed by atoms with Crippen LogP contribution in [0.5, 0.6) is 11.5 Å². The molecule has 0 spiro atoms. The number of ether oxygens (including phenoxy) is 1. The predicted octanol–water partition coefficient (Wildman–Crippen LogP) is 1.80. The number of halogens is 1. The van der Waals surface area contributed by atoms with Gasteiger partial charge in [0.15, 0.2) is 11.5 Å².